The van der Waals surface area contributed by atoms with Gasteiger partial charge in [-0.15, -0.1) is 0 Å². The second-order valence-corrected chi connectivity index (χ2v) is 5.73. The van der Waals surface area contributed by atoms with Gasteiger partial charge in [0.25, 0.3) is 5.91 Å². The summed E-state index contributed by atoms with van der Waals surface area (Å²) in [4.78, 5) is 26.2. The number of hydrogen-bond acceptors (Lipinski definition) is 4. The van der Waals surface area contributed by atoms with Crippen LogP contribution < -0.4 is 10.1 Å². The van der Waals surface area contributed by atoms with Gasteiger partial charge in [0.2, 0.25) is 5.91 Å². The quantitative estimate of drug-likeness (QED) is 0.892. The highest BCUT2D eigenvalue weighted by atomic mass is 16.5. The Labute approximate surface area is 136 Å². The molecule has 2 atom stereocenters. The molecule has 2 amide bonds. The van der Waals surface area contributed by atoms with Crippen LogP contribution in [0.1, 0.15) is 30.1 Å². The molecule has 6 heteroatoms. The third kappa shape index (κ3) is 4.45. The SMILES string of the molecule is COc1cccc(C(=O)NCC(=O)N2CCC(OC)CC2C)c1. The molecule has 0 aromatic heterocycles. The normalized spacial score (nSPS) is 20.9. The molecule has 1 aromatic rings. The van der Waals surface area contributed by atoms with Gasteiger partial charge >= 0.3 is 0 Å². The van der Waals surface area contributed by atoms with Gasteiger partial charge in [0.1, 0.15) is 5.75 Å². The van der Waals surface area contributed by atoms with Crippen molar-refractivity contribution in [3.63, 3.8) is 0 Å². The van der Waals surface area contributed by atoms with Crippen LogP contribution in [-0.2, 0) is 9.53 Å². The fourth-order valence-electron chi connectivity index (χ4n) is 2.84. The van der Waals surface area contributed by atoms with Crippen LogP contribution >= 0.6 is 0 Å². The number of likely N-dealkylation sites (tertiary alicyclic amines) is 1. The Morgan fingerprint density at radius 2 is 2.13 bits per heavy atom. The Bertz CT molecular complexity index is 561. The highest BCUT2D eigenvalue weighted by Crippen LogP contribution is 2.19. The Morgan fingerprint density at radius 3 is 2.78 bits per heavy atom. The van der Waals surface area contributed by atoms with Crippen molar-refractivity contribution in [3.8, 4) is 5.75 Å². The molecule has 0 bridgehead atoms. The molecule has 2 unspecified atom stereocenters. The van der Waals surface area contributed by atoms with Crippen molar-refractivity contribution in [3.05, 3.63) is 29.8 Å². The summed E-state index contributed by atoms with van der Waals surface area (Å²) in [6, 6.07) is 6.97. The molecular weight excluding hydrogens is 296 g/mol. The molecule has 126 valence electrons. The minimum absolute atomic E-state index is 0.00195. The van der Waals surface area contributed by atoms with Crippen molar-refractivity contribution >= 4 is 11.8 Å². The topological polar surface area (TPSA) is 67.9 Å². The maximum atomic E-state index is 12.3. The number of piperidine rings is 1. The van der Waals surface area contributed by atoms with Crippen LogP contribution in [0.15, 0.2) is 24.3 Å². The van der Waals surface area contributed by atoms with Gasteiger partial charge in [-0.1, -0.05) is 6.07 Å². The summed E-state index contributed by atoms with van der Waals surface area (Å²) < 4.78 is 10.4. The first kappa shape index (κ1) is 17.3. The van der Waals surface area contributed by atoms with Crippen molar-refractivity contribution in [1.29, 1.82) is 0 Å². The summed E-state index contributed by atoms with van der Waals surface area (Å²) in [6.45, 7) is 2.67. The van der Waals surface area contributed by atoms with E-state index in [1.165, 1.54) is 0 Å². The third-order valence-corrected chi connectivity index (χ3v) is 4.21. The van der Waals surface area contributed by atoms with Gasteiger partial charge in [-0.05, 0) is 38.0 Å². The third-order valence-electron chi connectivity index (χ3n) is 4.21. The number of benzene rings is 1. The molecule has 1 heterocycles. The van der Waals surface area contributed by atoms with E-state index in [1.807, 2.05) is 6.92 Å². The molecule has 1 N–H and O–H groups in total. The molecule has 0 radical (unpaired) electrons. The van der Waals surface area contributed by atoms with Crippen LogP contribution in [-0.4, -0.2) is 56.2 Å². The summed E-state index contributed by atoms with van der Waals surface area (Å²) in [6.07, 6.45) is 1.86. The predicted octanol–water partition coefficient (Wildman–Crippen LogP) is 1.45. The number of carbonyl (C=O) groups is 2. The van der Waals surface area contributed by atoms with E-state index in [-0.39, 0.29) is 30.5 Å². The summed E-state index contributed by atoms with van der Waals surface area (Å²) in [5.74, 6) is 0.263. The maximum Gasteiger partial charge on any atom is 0.251 e. The second kappa shape index (κ2) is 7.97. The van der Waals surface area contributed by atoms with E-state index in [1.54, 1.807) is 43.4 Å². The lowest BCUT2D eigenvalue weighted by molar-refractivity contribution is -0.135. The molecular formula is C17H24N2O4. The van der Waals surface area contributed by atoms with E-state index in [0.717, 1.165) is 12.8 Å². The molecule has 23 heavy (non-hydrogen) atoms. The first-order valence-electron chi connectivity index (χ1n) is 7.79. The van der Waals surface area contributed by atoms with Gasteiger partial charge in [0.05, 0.1) is 19.8 Å². The van der Waals surface area contributed by atoms with E-state index in [9.17, 15) is 9.59 Å². The van der Waals surface area contributed by atoms with Gasteiger partial charge in [-0.3, -0.25) is 9.59 Å². The molecule has 0 aliphatic carbocycles. The van der Waals surface area contributed by atoms with Gasteiger partial charge in [-0.25, -0.2) is 0 Å². The first-order valence-corrected chi connectivity index (χ1v) is 7.79. The van der Waals surface area contributed by atoms with Crippen molar-refractivity contribution in [2.75, 3.05) is 27.3 Å². The van der Waals surface area contributed by atoms with E-state index in [4.69, 9.17) is 9.47 Å². The Balaban J connectivity index is 1.87. The number of nitrogens with zero attached hydrogens (tertiary/aromatic N) is 1. The molecule has 1 fully saturated rings. The van der Waals surface area contributed by atoms with Crippen LogP contribution in [0.4, 0.5) is 0 Å². The summed E-state index contributed by atoms with van der Waals surface area (Å²) >= 11 is 0. The van der Waals surface area contributed by atoms with Gasteiger partial charge in [0, 0.05) is 25.3 Å². The van der Waals surface area contributed by atoms with Crippen LogP contribution in [0.3, 0.4) is 0 Å². The molecule has 2 rings (SSSR count). The summed E-state index contributed by atoms with van der Waals surface area (Å²) in [5.41, 5.74) is 0.475. The number of amides is 2. The Hall–Kier alpha value is -2.08. The monoisotopic (exact) mass is 320 g/mol. The second-order valence-electron chi connectivity index (χ2n) is 5.73. The smallest absolute Gasteiger partial charge is 0.251 e. The lowest BCUT2D eigenvalue weighted by atomic mass is 10.0. The van der Waals surface area contributed by atoms with E-state index in [2.05, 4.69) is 5.32 Å². The van der Waals surface area contributed by atoms with Gasteiger partial charge in [0.15, 0.2) is 0 Å². The van der Waals surface area contributed by atoms with Crippen molar-refractivity contribution in [2.24, 2.45) is 0 Å². The molecule has 0 spiro atoms. The average Bonchev–Trinajstić information content (AvgIpc) is 2.59. The molecule has 1 saturated heterocycles. The molecule has 1 aromatic carbocycles. The van der Waals surface area contributed by atoms with E-state index >= 15 is 0 Å². The summed E-state index contributed by atoms with van der Waals surface area (Å²) in [5, 5.41) is 2.68. The largest absolute Gasteiger partial charge is 0.497 e. The maximum absolute atomic E-state index is 12.3. The van der Waals surface area contributed by atoms with Crippen LogP contribution in [0.2, 0.25) is 0 Å². The number of ether oxygens (including phenoxy) is 2. The van der Waals surface area contributed by atoms with Crippen molar-refractivity contribution in [1.82, 2.24) is 10.2 Å². The fourth-order valence-corrected chi connectivity index (χ4v) is 2.84. The molecule has 1 aliphatic rings. The molecule has 6 nitrogen and oxygen atoms in total. The predicted molar refractivity (Wildman–Crippen MR) is 86.5 cm³/mol. The lowest BCUT2D eigenvalue weighted by Gasteiger charge is -2.37. The number of carbonyl (C=O) groups excluding carboxylic acids is 2. The van der Waals surface area contributed by atoms with Crippen LogP contribution in [0.5, 0.6) is 5.75 Å². The van der Waals surface area contributed by atoms with Gasteiger partial charge < -0.3 is 19.7 Å². The molecule has 0 saturated carbocycles. The number of rotatable bonds is 5. The number of hydrogen-bond donors (Lipinski definition) is 1. The standard InChI is InChI=1S/C17H24N2O4/c1-12-9-15(23-3)7-8-19(12)16(20)11-18-17(21)13-5-4-6-14(10-13)22-2/h4-6,10,12,15H,7-9,11H2,1-3H3,(H,18,21). The zero-order chi connectivity index (χ0) is 16.8. The molecule has 1 aliphatic heterocycles. The highest BCUT2D eigenvalue weighted by Gasteiger charge is 2.28. The lowest BCUT2D eigenvalue weighted by Crippen LogP contribution is -2.49. The van der Waals surface area contributed by atoms with Gasteiger partial charge in [-0.2, -0.15) is 0 Å². The highest BCUT2D eigenvalue weighted by molar-refractivity contribution is 5.96. The van der Waals surface area contributed by atoms with Crippen molar-refractivity contribution in [2.45, 2.75) is 31.9 Å². The van der Waals surface area contributed by atoms with E-state index in [0.29, 0.717) is 17.9 Å². The number of nitrogens with one attached hydrogen (secondary N) is 1. The van der Waals surface area contributed by atoms with Crippen LogP contribution in [0.25, 0.3) is 0 Å². The first-order chi connectivity index (χ1) is 11.0. The van der Waals surface area contributed by atoms with Crippen LogP contribution in [0, 0.1) is 0 Å². The number of methoxy groups -OCH3 is 2. The fraction of sp³-hybridized carbons (Fsp3) is 0.529. The Morgan fingerprint density at radius 1 is 1.35 bits per heavy atom. The van der Waals surface area contributed by atoms with E-state index < -0.39 is 0 Å². The Kier molecular flexibility index (Phi) is 5.98. The zero-order valence-corrected chi connectivity index (χ0v) is 13.9. The van der Waals surface area contributed by atoms with Crippen molar-refractivity contribution < 1.29 is 19.1 Å². The zero-order valence-electron chi connectivity index (χ0n) is 13.9. The minimum Gasteiger partial charge on any atom is -0.497 e. The summed E-state index contributed by atoms with van der Waals surface area (Å²) in [7, 11) is 3.24. The average molecular weight is 320 g/mol. The minimum atomic E-state index is -0.281.